The highest BCUT2D eigenvalue weighted by atomic mass is 16.6. The lowest BCUT2D eigenvalue weighted by atomic mass is 10.2. The van der Waals surface area contributed by atoms with Crippen LogP contribution in [0.1, 0.15) is 5.69 Å². The molecule has 6 heteroatoms. The van der Waals surface area contributed by atoms with Crippen LogP contribution in [0.3, 0.4) is 0 Å². The van der Waals surface area contributed by atoms with Crippen molar-refractivity contribution in [3.63, 3.8) is 0 Å². The van der Waals surface area contributed by atoms with Crippen LogP contribution in [-0.4, -0.2) is 28.7 Å². The fourth-order valence-electron chi connectivity index (χ4n) is 1.09. The highest BCUT2D eigenvalue weighted by Gasteiger charge is 2.20. The largest absolute Gasteiger partial charge is 0.467 e. The van der Waals surface area contributed by atoms with E-state index in [9.17, 15) is 4.79 Å². The van der Waals surface area contributed by atoms with Gasteiger partial charge in [-0.3, -0.25) is 4.84 Å². The molecule has 2 N–H and O–H groups in total. The Kier molecular flexibility index (Phi) is 3.61. The maximum atomic E-state index is 11.1. The third-order valence-electron chi connectivity index (χ3n) is 1.94. The van der Waals surface area contributed by atoms with Crippen molar-refractivity contribution in [2.45, 2.75) is 12.5 Å². The maximum Gasteiger partial charge on any atom is 0.337 e. The lowest BCUT2D eigenvalue weighted by Crippen LogP contribution is -2.31. The minimum absolute atomic E-state index is 0.347. The molecule has 0 aliphatic heterocycles. The van der Waals surface area contributed by atoms with Crippen LogP contribution >= 0.6 is 0 Å². The van der Waals surface area contributed by atoms with Crippen LogP contribution in [0.2, 0.25) is 0 Å². The first-order chi connectivity index (χ1) is 6.69. The number of methoxy groups -OCH3 is 1. The third-order valence-corrected chi connectivity index (χ3v) is 1.94. The Bertz CT molecular complexity index is 311. The molecule has 0 saturated carbocycles. The average Bonchev–Trinajstić information content (AvgIpc) is 2.59. The predicted molar refractivity (Wildman–Crippen MR) is 48.0 cm³/mol. The number of esters is 1. The van der Waals surface area contributed by atoms with Crippen LogP contribution in [0, 0.1) is 0 Å². The van der Waals surface area contributed by atoms with Gasteiger partial charge >= 0.3 is 5.97 Å². The van der Waals surface area contributed by atoms with E-state index >= 15 is 0 Å². The van der Waals surface area contributed by atoms with Crippen molar-refractivity contribution >= 4 is 5.97 Å². The molecule has 0 bridgehead atoms. The molecule has 1 aromatic rings. The Balaban J connectivity index is 2.66. The lowest BCUT2D eigenvalue weighted by Gasteiger charge is -2.11. The van der Waals surface area contributed by atoms with Crippen molar-refractivity contribution in [2.24, 2.45) is 12.9 Å². The van der Waals surface area contributed by atoms with E-state index < -0.39 is 12.1 Å². The van der Waals surface area contributed by atoms with Gasteiger partial charge in [-0.15, -0.1) is 0 Å². The van der Waals surface area contributed by atoms with Crippen LogP contribution in [-0.2, 0) is 27.8 Å². The quantitative estimate of drug-likeness (QED) is 0.517. The number of aromatic nitrogens is 2. The number of imidazole rings is 1. The SMILES string of the molecule is COC(=O)[C@H](Cc1cncn1C)ON. The summed E-state index contributed by atoms with van der Waals surface area (Å²) in [6, 6.07) is 0. The highest BCUT2D eigenvalue weighted by molar-refractivity contribution is 5.74. The molecule has 0 saturated heterocycles. The molecule has 0 spiro atoms. The van der Waals surface area contributed by atoms with Gasteiger partial charge in [0.1, 0.15) is 0 Å². The summed E-state index contributed by atoms with van der Waals surface area (Å²) < 4.78 is 6.30. The van der Waals surface area contributed by atoms with Gasteiger partial charge in [0.2, 0.25) is 0 Å². The molecule has 14 heavy (non-hydrogen) atoms. The Morgan fingerprint density at radius 2 is 2.50 bits per heavy atom. The molecule has 0 unspecified atom stereocenters. The molecule has 6 nitrogen and oxygen atoms in total. The average molecular weight is 199 g/mol. The molecule has 78 valence electrons. The van der Waals surface area contributed by atoms with E-state index in [1.165, 1.54) is 7.11 Å². The van der Waals surface area contributed by atoms with Crippen molar-refractivity contribution in [3.8, 4) is 0 Å². The standard InChI is InChI=1S/C8H13N3O3/c1-11-5-10-4-6(11)3-7(14-9)8(12)13-2/h4-5,7H,3,9H2,1-2H3/t7-/m0/s1. The second-order valence-corrected chi connectivity index (χ2v) is 2.85. The number of ether oxygens (including phenoxy) is 1. The Morgan fingerprint density at radius 3 is 2.93 bits per heavy atom. The van der Waals surface area contributed by atoms with E-state index in [2.05, 4.69) is 14.6 Å². The third kappa shape index (κ3) is 2.30. The first kappa shape index (κ1) is 10.7. The zero-order valence-corrected chi connectivity index (χ0v) is 8.14. The van der Waals surface area contributed by atoms with Crippen molar-refractivity contribution in [1.82, 2.24) is 9.55 Å². The van der Waals surface area contributed by atoms with Gasteiger partial charge in [0.15, 0.2) is 6.10 Å². The summed E-state index contributed by atoms with van der Waals surface area (Å²) in [5.74, 6) is 4.49. The van der Waals surface area contributed by atoms with E-state index in [1.54, 1.807) is 17.1 Å². The molecule has 1 rings (SSSR count). The number of hydrogen-bond acceptors (Lipinski definition) is 5. The zero-order valence-electron chi connectivity index (χ0n) is 8.14. The first-order valence-electron chi connectivity index (χ1n) is 4.07. The second-order valence-electron chi connectivity index (χ2n) is 2.85. The summed E-state index contributed by atoms with van der Waals surface area (Å²) in [4.78, 5) is 19.5. The van der Waals surface area contributed by atoms with Gasteiger partial charge in [-0.05, 0) is 0 Å². The normalized spacial score (nSPS) is 12.5. The van der Waals surface area contributed by atoms with E-state index in [0.29, 0.717) is 6.42 Å². The van der Waals surface area contributed by atoms with Crippen molar-refractivity contribution in [2.75, 3.05) is 7.11 Å². The van der Waals surface area contributed by atoms with Gasteiger partial charge in [0.25, 0.3) is 0 Å². The molecule has 0 radical (unpaired) electrons. The van der Waals surface area contributed by atoms with Gasteiger partial charge in [-0.1, -0.05) is 0 Å². The Hall–Kier alpha value is -1.40. The predicted octanol–water partition coefficient (Wildman–Crippen LogP) is -0.605. The number of rotatable bonds is 4. The van der Waals surface area contributed by atoms with E-state index in [4.69, 9.17) is 5.90 Å². The fourth-order valence-corrected chi connectivity index (χ4v) is 1.09. The minimum Gasteiger partial charge on any atom is -0.467 e. The van der Waals surface area contributed by atoms with Gasteiger partial charge in [0.05, 0.1) is 13.4 Å². The van der Waals surface area contributed by atoms with E-state index in [-0.39, 0.29) is 0 Å². The van der Waals surface area contributed by atoms with Crippen molar-refractivity contribution in [3.05, 3.63) is 18.2 Å². The molecule has 0 aromatic carbocycles. The Morgan fingerprint density at radius 1 is 1.79 bits per heavy atom. The van der Waals surface area contributed by atoms with Crippen LogP contribution in [0.15, 0.2) is 12.5 Å². The first-order valence-corrected chi connectivity index (χ1v) is 4.07. The minimum atomic E-state index is -0.782. The fraction of sp³-hybridized carbons (Fsp3) is 0.500. The maximum absolute atomic E-state index is 11.1. The summed E-state index contributed by atoms with van der Waals surface area (Å²) in [7, 11) is 3.12. The molecule has 0 fully saturated rings. The summed E-state index contributed by atoms with van der Waals surface area (Å²) in [5.41, 5.74) is 0.853. The number of aryl methyl sites for hydroxylation is 1. The number of hydrogen-bond donors (Lipinski definition) is 1. The number of nitrogens with two attached hydrogens (primary N) is 1. The monoisotopic (exact) mass is 199 g/mol. The molecular formula is C8H13N3O3. The molecule has 1 heterocycles. The molecule has 1 atom stereocenters. The smallest absolute Gasteiger partial charge is 0.337 e. The summed E-state index contributed by atoms with van der Waals surface area (Å²) in [6.07, 6.45) is 2.85. The van der Waals surface area contributed by atoms with Gasteiger partial charge in [-0.25, -0.2) is 15.7 Å². The Labute approximate surface area is 81.6 Å². The lowest BCUT2D eigenvalue weighted by molar-refractivity contribution is -0.154. The summed E-state index contributed by atoms with van der Waals surface area (Å²) in [6.45, 7) is 0. The van der Waals surface area contributed by atoms with Gasteiger partial charge in [-0.2, -0.15) is 0 Å². The summed E-state index contributed by atoms with van der Waals surface area (Å²) >= 11 is 0. The number of carbonyl (C=O) groups is 1. The number of nitrogens with zero attached hydrogens (tertiary/aromatic N) is 2. The van der Waals surface area contributed by atoms with Gasteiger partial charge < -0.3 is 9.30 Å². The zero-order chi connectivity index (χ0) is 10.6. The van der Waals surface area contributed by atoms with Crippen molar-refractivity contribution < 1.29 is 14.4 Å². The molecule has 0 aliphatic rings. The topological polar surface area (TPSA) is 79.4 Å². The molecule has 1 aromatic heterocycles. The van der Waals surface area contributed by atoms with Crippen LogP contribution in [0.5, 0.6) is 0 Å². The van der Waals surface area contributed by atoms with E-state index in [1.807, 2.05) is 7.05 Å². The van der Waals surface area contributed by atoms with Crippen LogP contribution in [0.25, 0.3) is 0 Å². The molecular weight excluding hydrogens is 186 g/mol. The van der Waals surface area contributed by atoms with Crippen molar-refractivity contribution in [1.29, 1.82) is 0 Å². The highest BCUT2D eigenvalue weighted by Crippen LogP contribution is 2.04. The second kappa shape index (κ2) is 4.73. The van der Waals surface area contributed by atoms with Crippen LogP contribution in [0.4, 0.5) is 0 Å². The molecule has 0 aliphatic carbocycles. The molecule has 0 amide bonds. The van der Waals surface area contributed by atoms with Crippen LogP contribution < -0.4 is 5.90 Å². The number of carbonyl (C=O) groups excluding carboxylic acids is 1. The van der Waals surface area contributed by atoms with E-state index in [0.717, 1.165) is 5.69 Å². The van der Waals surface area contributed by atoms with Gasteiger partial charge in [0, 0.05) is 25.4 Å². The summed E-state index contributed by atoms with van der Waals surface area (Å²) in [5, 5.41) is 0.